The van der Waals surface area contributed by atoms with E-state index in [1.165, 1.54) is 50.9 Å². The van der Waals surface area contributed by atoms with Gasteiger partial charge in [0.15, 0.2) is 0 Å². The summed E-state index contributed by atoms with van der Waals surface area (Å²) in [7, 11) is 1.69. The average molecular weight is 512 g/mol. The Hall–Kier alpha value is -3.62. The molecule has 0 saturated carbocycles. The van der Waals surface area contributed by atoms with E-state index in [2.05, 4.69) is 51.4 Å². The van der Waals surface area contributed by atoms with Crippen molar-refractivity contribution in [3.05, 3.63) is 72.8 Å². The summed E-state index contributed by atoms with van der Waals surface area (Å²) in [5, 5.41) is 8.18. The van der Waals surface area contributed by atoms with Crippen molar-refractivity contribution in [2.45, 2.75) is 45.1 Å². The zero-order valence-electron chi connectivity index (χ0n) is 22.4. The Bertz CT molecular complexity index is 1280. The number of rotatable bonds is 11. The number of piperidine rings is 1. The van der Waals surface area contributed by atoms with Gasteiger partial charge in [0.25, 0.3) is 0 Å². The third kappa shape index (κ3) is 6.44. The number of hydrogen-bond acceptors (Lipinski definition) is 7. The summed E-state index contributed by atoms with van der Waals surface area (Å²) in [5.41, 5.74) is 5.92. The van der Waals surface area contributed by atoms with Crippen LogP contribution in [0.2, 0.25) is 0 Å². The van der Waals surface area contributed by atoms with Crippen LogP contribution in [0, 0.1) is 0 Å². The summed E-state index contributed by atoms with van der Waals surface area (Å²) in [4.78, 5) is 16.2. The number of likely N-dealkylation sites (tertiary alicyclic amines) is 1. The van der Waals surface area contributed by atoms with Gasteiger partial charge in [0, 0.05) is 48.7 Å². The molecular formula is C30H37N7O. The van der Waals surface area contributed by atoms with Crippen LogP contribution in [0.25, 0.3) is 22.5 Å². The zero-order valence-corrected chi connectivity index (χ0v) is 22.4. The van der Waals surface area contributed by atoms with Gasteiger partial charge < -0.3 is 15.0 Å². The lowest BCUT2D eigenvalue weighted by Crippen LogP contribution is -2.33. The van der Waals surface area contributed by atoms with Crippen molar-refractivity contribution in [2.75, 3.05) is 38.7 Å². The monoisotopic (exact) mass is 511 g/mol. The maximum Gasteiger partial charge on any atom is 0.227 e. The number of hydrogen-bond donors (Lipinski definition) is 1. The lowest BCUT2D eigenvalue weighted by atomic mass is 9.89. The molecule has 0 spiro atoms. The second-order valence-electron chi connectivity index (χ2n) is 9.87. The largest absolute Gasteiger partial charge is 0.383 e. The van der Waals surface area contributed by atoms with E-state index in [9.17, 15) is 0 Å². The van der Waals surface area contributed by atoms with Crippen LogP contribution in [-0.4, -0.2) is 63.0 Å². The number of aromatic nitrogens is 5. The molecule has 0 amide bonds. The van der Waals surface area contributed by atoms with Gasteiger partial charge in [0.05, 0.1) is 18.8 Å². The highest BCUT2D eigenvalue weighted by Gasteiger charge is 2.20. The standard InChI is InChI=1S/C30H37N7O/c1-3-4-16-36-17-12-24(13-18-36)23-7-9-26(10-8-23)33-30-32-15-11-28(34-30)27-22-37(19-20-38-2)35-29(27)25-6-5-14-31-21-25/h5-11,14-15,21-22,24H,3-4,12-13,16-20H2,1-2H3,(H,32,33,34). The Morgan fingerprint density at radius 1 is 1.03 bits per heavy atom. The molecule has 5 rings (SSSR count). The Kier molecular flexibility index (Phi) is 8.73. The van der Waals surface area contributed by atoms with Crippen molar-refractivity contribution in [2.24, 2.45) is 0 Å². The van der Waals surface area contributed by atoms with Crippen LogP contribution in [0.5, 0.6) is 0 Å². The molecule has 0 bridgehead atoms. The Morgan fingerprint density at radius 2 is 1.87 bits per heavy atom. The van der Waals surface area contributed by atoms with E-state index in [0.717, 1.165) is 28.2 Å². The van der Waals surface area contributed by atoms with Crippen molar-refractivity contribution < 1.29 is 4.74 Å². The summed E-state index contributed by atoms with van der Waals surface area (Å²) in [6.07, 6.45) is 12.4. The first kappa shape index (κ1) is 26.0. The third-order valence-corrected chi connectivity index (χ3v) is 7.21. The Morgan fingerprint density at radius 3 is 2.61 bits per heavy atom. The van der Waals surface area contributed by atoms with Gasteiger partial charge in [-0.3, -0.25) is 9.67 Å². The highest BCUT2D eigenvalue weighted by Crippen LogP contribution is 2.31. The summed E-state index contributed by atoms with van der Waals surface area (Å²) >= 11 is 0. The van der Waals surface area contributed by atoms with Crippen LogP contribution in [0.15, 0.2) is 67.3 Å². The molecule has 8 heteroatoms. The van der Waals surface area contributed by atoms with E-state index in [-0.39, 0.29) is 0 Å². The minimum Gasteiger partial charge on any atom is -0.383 e. The number of nitrogens with one attached hydrogen (secondary N) is 1. The van der Waals surface area contributed by atoms with Gasteiger partial charge >= 0.3 is 0 Å². The summed E-state index contributed by atoms with van der Waals surface area (Å²) in [5.74, 6) is 1.20. The van der Waals surface area contributed by atoms with E-state index < -0.39 is 0 Å². The molecule has 4 heterocycles. The molecule has 1 aliphatic heterocycles. The lowest BCUT2D eigenvalue weighted by molar-refractivity contribution is 0.183. The number of pyridine rings is 1. The van der Waals surface area contributed by atoms with Crippen molar-refractivity contribution in [1.82, 2.24) is 29.6 Å². The van der Waals surface area contributed by atoms with Gasteiger partial charge in [-0.05, 0) is 80.7 Å². The van der Waals surface area contributed by atoms with E-state index in [4.69, 9.17) is 14.8 Å². The first-order chi connectivity index (χ1) is 18.7. The molecule has 0 radical (unpaired) electrons. The fourth-order valence-electron chi connectivity index (χ4n) is 5.03. The average Bonchev–Trinajstić information content (AvgIpc) is 3.41. The molecule has 3 aromatic heterocycles. The molecule has 38 heavy (non-hydrogen) atoms. The molecule has 4 aromatic rings. The zero-order chi connectivity index (χ0) is 26.2. The number of benzene rings is 1. The lowest BCUT2D eigenvalue weighted by Gasteiger charge is -2.32. The van der Waals surface area contributed by atoms with Crippen molar-refractivity contribution in [3.8, 4) is 22.5 Å². The summed E-state index contributed by atoms with van der Waals surface area (Å²) in [6, 6.07) is 14.6. The molecule has 0 atom stereocenters. The van der Waals surface area contributed by atoms with Crippen LogP contribution in [0.4, 0.5) is 11.6 Å². The topological polar surface area (TPSA) is 81.0 Å². The normalized spacial score (nSPS) is 14.6. The van der Waals surface area contributed by atoms with Crippen molar-refractivity contribution in [1.29, 1.82) is 0 Å². The van der Waals surface area contributed by atoms with Crippen LogP contribution >= 0.6 is 0 Å². The predicted molar refractivity (Wildman–Crippen MR) is 151 cm³/mol. The minimum atomic E-state index is 0.557. The smallest absolute Gasteiger partial charge is 0.227 e. The first-order valence-electron chi connectivity index (χ1n) is 13.6. The van der Waals surface area contributed by atoms with Gasteiger partial charge in [-0.15, -0.1) is 0 Å². The molecule has 1 aliphatic rings. The third-order valence-electron chi connectivity index (χ3n) is 7.21. The Labute approximate surface area is 225 Å². The molecule has 1 saturated heterocycles. The first-order valence-corrected chi connectivity index (χ1v) is 13.6. The molecule has 198 valence electrons. The second-order valence-corrected chi connectivity index (χ2v) is 9.87. The highest BCUT2D eigenvalue weighted by molar-refractivity contribution is 5.78. The molecular weight excluding hydrogens is 474 g/mol. The molecule has 8 nitrogen and oxygen atoms in total. The molecule has 0 unspecified atom stereocenters. The summed E-state index contributed by atoms with van der Waals surface area (Å²) < 4.78 is 7.14. The van der Waals surface area contributed by atoms with Gasteiger partial charge in [-0.2, -0.15) is 5.10 Å². The number of anilines is 2. The minimum absolute atomic E-state index is 0.557. The predicted octanol–water partition coefficient (Wildman–Crippen LogP) is 5.77. The Balaban J connectivity index is 1.29. The fourth-order valence-corrected chi connectivity index (χ4v) is 5.03. The van der Waals surface area contributed by atoms with Crippen LogP contribution in [0.3, 0.4) is 0 Å². The molecule has 1 N–H and O–H groups in total. The van der Waals surface area contributed by atoms with E-state index in [1.807, 2.05) is 35.3 Å². The van der Waals surface area contributed by atoms with E-state index >= 15 is 0 Å². The van der Waals surface area contributed by atoms with Crippen LogP contribution < -0.4 is 5.32 Å². The van der Waals surface area contributed by atoms with Crippen LogP contribution in [-0.2, 0) is 11.3 Å². The second kappa shape index (κ2) is 12.8. The fraction of sp³-hybridized carbons (Fsp3) is 0.400. The number of nitrogens with zero attached hydrogens (tertiary/aromatic N) is 6. The molecule has 1 fully saturated rings. The highest BCUT2D eigenvalue weighted by atomic mass is 16.5. The molecule has 0 aliphatic carbocycles. The van der Waals surface area contributed by atoms with E-state index in [0.29, 0.717) is 25.0 Å². The van der Waals surface area contributed by atoms with Gasteiger partial charge in [0.1, 0.15) is 5.69 Å². The molecule has 1 aromatic carbocycles. The van der Waals surface area contributed by atoms with Crippen LogP contribution in [0.1, 0.15) is 44.1 Å². The van der Waals surface area contributed by atoms with E-state index in [1.54, 1.807) is 19.5 Å². The van der Waals surface area contributed by atoms with Gasteiger partial charge in [-0.1, -0.05) is 25.5 Å². The number of unbranched alkanes of at least 4 members (excludes halogenated alkanes) is 1. The maximum absolute atomic E-state index is 5.25. The number of methoxy groups -OCH3 is 1. The quantitative estimate of drug-likeness (QED) is 0.274. The van der Waals surface area contributed by atoms with Crippen molar-refractivity contribution in [3.63, 3.8) is 0 Å². The SMILES string of the molecule is CCCCN1CCC(c2ccc(Nc3nccc(-c4cn(CCOC)nc4-c4cccnc4)n3)cc2)CC1. The number of ether oxygens (including phenoxy) is 1. The maximum atomic E-state index is 5.25. The summed E-state index contributed by atoms with van der Waals surface area (Å²) in [6.45, 7) is 7.15. The van der Waals surface area contributed by atoms with Gasteiger partial charge in [0.2, 0.25) is 5.95 Å². The van der Waals surface area contributed by atoms with Crippen molar-refractivity contribution >= 4 is 11.6 Å². The van der Waals surface area contributed by atoms with Gasteiger partial charge in [-0.25, -0.2) is 9.97 Å².